The molecule has 0 aliphatic carbocycles. The van der Waals surface area contributed by atoms with E-state index in [2.05, 4.69) is 17.1 Å². The van der Waals surface area contributed by atoms with E-state index in [0.29, 0.717) is 6.04 Å². The second-order valence-corrected chi connectivity index (χ2v) is 5.13. The minimum atomic E-state index is 0.109. The first-order chi connectivity index (χ1) is 7.63. The Hall–Kier alpha value is -0.570. The summed E-state index contributed by atoms with van der Waals surface area (Å²) in [6, 6.07) is 0.410. The van der Waals surface area contributed by atoms with Gasteiger partial charge < -0.3 is 10.2 Å². The van der Waals surface area contributed by atoms with E-state index < -0.39 is 0 Å². The van der Waals surface area contributed by atoms with Crippen LogP contribution in [0.2, 0.25) is 0 Å². The average Bonchev–Trinajstić information content (AvgIpc) is 2.28. The zero-order chi connectivity index (χ0) is 12.0. The van der Waals surface area contributed by atoms with Crippen LogP contribution >= 0.6 is 0 Å². The Bertz CT molecular complexity index is 208. The van der Waals surface area contributed by atoms with Gasteiger partial charge in [0, 0.05) is 25.0 Å². The van der Waals surface area contributed by atoms with Gasteiger partial charge in [-0.2, -0.15) is 0 Å². The number of rotatable bonds is 5. The second kappa shape index (κ2) is 6.89. The van der Waals surface area contributed by atoms with Crippen LogP contribution in [0.3, 0.4) is 0 Å². The summed E-state index contributed by atoms with van der Waals surface area (Å²) in [6.07, 6.45) is 4.79. The van der Waals surface area contributed by atoms with Gasteiger partial charge in [-0.15, -0.1) is 0 Å². The molecular formula is C13H26N2O. The van der Waals surface area contributed by atoms with Crippen molar-refractivity contribution in [3.05, 3.63) is 0 Å². The number of carbonyl (C=O) groups excluding carboxylic acids is 1. The van der Waals surface area contributed by atoms with Crippen LogP contribution in [0, 0.1) is 5.92 Å². The van der Waals surface area contributed by atoms with E-state index in [9.17, 15) is 4.79 Å². The van der Waals surface area contributed by atoms with Gasteiger partial charge in [-0.3, -0.25) is 4.79 Å². The Labute approximate surface area is 99.6 Å². The van der Waals surface area contributed by atoms with Crippen LogP contribution in [0.5, 0.6) is 0 Å². The van der Waals surface area contributed by atoms with Gasteiger partial charge in [0.2, 0.25) is 5.91 Å². The monoisotopic (exact) mass is 226 g/mol. The third-order valence-corrected chi connectivity index (χ3v) is 3.29. The zero-order valence-corrected chi connectivity index (χ0v) is 11.0. The molecular weight excluding hydrogens is 200 g/mol. The van der Waals surface area contributed by atoms with Crippen LogP contribution < -0.4 is 5.32 Å². The van der Waals surface area contributed by atoms with Gasteiger partial charge in [-0.05, 0) is 25.8 Å². The third-order valence-electron chi connectivity index (χ3n) is 3.29. The van der Waals surface area contributed by atoms with Crippen LogP contribution in [0.15, 0.2) is 0 Å². The molecule has 0 spiro atoms. The molecule has 1 fully saturated rings. The van der Waals surface area contributed by atoms with Crippen molar-refractivity contribution in [1.82, 2.24) is 10.2 Å². The first-order valence-electron chi connectivity index (χ1n) is 6.66. The topological polar surface area (TPSA) is 32.3 Å². The van der Waals surface area contributed by atoms with Crippen LogP contribution in [0.25, 0.3) is 0 Å². The van der Waals surface area contributed by atoms with E-state index in [-0.39, 0.29) is 11.8 Å². The summed E-state index contributed by atoms with van der Waals surface area (Å²) in [7, 11) is 0. The highest BCUT2D eigenvalue weighted by molar-refractivity contribution is 5.78. The molecule has 0 saturated carbocycles. The van der Waals surface area contributed by atoms with Crippen LogP contribution in [-0.2, 0) is 4.79 Å². The lowest BCUT2D eigenvalue weighted by Crippen LogP contribution is -2.45. The third kappa shape index (κ3) is 4.52. The highest BCUT2D eigenvalue weighted by Gasteiger charge is 2.20. The molecule has 3 heteroatoms. The molecule has 1 aliphatic heterocycles. The van der Waals surface area contributed by atoms with Gasteiger partial charge in [0.25, 0.3) is 0 Å². The number of hydrogen-bond acceptors (Lipinski definition) is 2. The smallest absolute Gasteiger partial charge is 0.222 e. The van der Waals surface area contributed by atoms with E-state index in [4.69, 9.17) is 0 Å². The van der Waals surface area contributed by atoms with Crippen LogP contribution in [0.4, 0.5) is 0 Å². The molecule has 16 heavy (non-hydrogen) atoms. The molecule has 1 heterocycles. The van der Waals surface area contributed by atoms with Crippen molar-refractivity contribution in [3.63, 3.8) is 0 Å². The van der Waals surface area contributed by atoms with Gasteiger partial charge in [0.15, 0.2) is 0 Å². The van der Waals surface area contributed by atoms with Crippen molar-refractivity contribution in [3.8, 4) is 0 Å². The Morgan fingerprint density at radius 3 is 2.50 bits per heavy atom. The van der Waals surface area contributed by atoms with Crippen LogP contribution in [-0.4, -0.2) is 36.5 Å². The maximum absolute atomic E-state index is 11.5. The second-order valence-electron chi connectivity index (χ2n) is 5.13. The van der Waals surface area contributed by atoms with E-state index >= 15 is 0 Å². The molecule has 0 aromatic heterocycles. The summed E-state index contributed by atoms with van der Waals surface area (Å²) in [6.45, 7) is 9.64. The van der Waals surface area contributed by atoms with E-state index in [1.165, 1.54) is 19.4 Å². The molecule has 0 unspecified atom stereocenters. The predicted octanol–water partition coefficient (Wildman–Crippen LogP) is 2.02. The first kappa shape index (κ1) is 13.5. The predicted molar refractivity (Wildman–Crippen MR) is 67.4 cm³/mol. The molecule has 0 atom stereocenters. The van der Waals surface area contributed by atoms with Crippen LogP contribution in [0.1, 0.15) is 46.5 Å². The molecule has 0 radical (unpaired) electrons. The Morgan fingerprint density at radius 1 is 1.38 bits per heavy atom. The summed E-state index contributed by atoms with van der Waals surface area (Å²) in [5.74, 6) is 0.310. The van der Waals surface area contributed by atoms with Gasteiger partial charge in [-0.1, -0.05) is 27.2 Å². The van der Waals surface area contributed by atoms with Gasteiger partial charge in [0.05, 0.1) is 0 Å². The Kier molecular flexibility index (Phi) is 5.81. The fraction of sp³-hybridized carbons (Fsp3) is 0.923. The Morgan fingerprint density at radius 2 is 2.00 bits per heavy atom. The summed E-state index contributed by atoms with van der Waals surface area (Å²) in [5.41, 5.74) is 0. The zero-order valence-electron chi connectivity index (χ0n) is 11.0. The quantitative estimate of drug-likeness (QED) is 0.778. The SMILES string of the molecule is CCCCN1CCC(NC(=O)C(C)C)CC1. The number of nitrogens with one attached hydrogen (secondary N) is 1. The Balaban J connectivity index is 2.19. The highest BCUT2D eigenvalue weighted by Crippen LogP contribution is 2.11. The summed E-state index contributed by atoms with van der Waals surface area (Å²) >= 11 is 0. The highest BCUT2D eigenvalue weighted by atomic mass is 16.1. The lowest BCUT2D eigenvalue weighted by atomic mass is 10.0. The lowest BCUT2D eigenvalue weighted by Gasteiger charge is -2.32. The number of hydrogen-bond donors (Lipinski definition) is 1. The number of carbonyl (C=O) groups is 1. The number of amides is 1. The largest absolute Gasteiger partial charge is 0.353 e. The number of likely N-dealkylation sites (tertiary alicyclic amines) is 1. The molecule has 0 aromatic rings. The van der Waals surface area contributed by atoms with Crippen molar-refractivity contribution in [1.29, 1.82) is 0 Å². The number of nitrogens with zero attached hydrogens (tertiary/aromatic N) is 1. The van der Waals surface area contributed by atoms with E-state index in [1.807, 2.05) is 13.8 Å². The summed E-state index contributed by atoms with van der Waals surface area (Å²) < 4.78 is 0. The van der Waals surface area contributed by atoms with Crippen molar-refractivity contribution in [2.45, 2.75) is 52.5 Å². The summed E-state index contributed by atoms with van der Waals surface area (Å²) in [4.78, 5) is 14.1. The van der Waals surface area contributed by atoms with E-state index in [0.717, 1.165) is 25.9 Å². The molecule has 0 aromatic carbocycles. The minimum Gasteiger partial charge on any atom is -0.353 e. The first-order valence-corrected chi connectivity index (χ1v) is 6.66. The summed E-state index contributed by atoms with van der Waals surface area (Å²) in [5, 5.41) is 3.13. The number of piperidine rings is 1. The normalized spacial score (nSPS) is 19.0. The van der Waals surface area contributed by atoms with Crippen molar-refractivity contribution >= 4 is 5.91 Å². The molecule has 1 N–H and O–H groups in total. The fourth-order valence-electron chi connectivity index (χ4n) is 2.05. The maximum atomic E-state index is 11.5. The lowest BCUT2D eigenvalue weighted by molar-refractivity contribution is -0.125. The molecule has 3 nitrogen and oxygen atoms in total. The standard InChI is InChI=1S/C13H26N2O/c1-4-5-8-15-9-6-12(7-10-15)14-13(16)11(2)3/h11-12H,4-10H2,1-3H3,(H,14,16). The van der Waals surface area contributed by atoms with Crippen molar-refractivity contribution in [2.24, 2.45) is 5.92 Å². The van der Waals surface area contributed by atoms with Gasteiger partial charge >= 0.3 is 0 Å². The van der Waals surface area contributed by atoms with Gasteiger partial charge in [0.1, 0.15) is 0 Å². The molecule has 1 rings (SSSR count). The van der Waals surface area contributed by atoms with Crippen molar-refractivity contribution in [2.75, 3.05) is 19.6 Å². The minimum absolute atomic E-state index is 0.109. The molecule has 1 saturated heterocycles. The average molecular weight is 226 g/mol. The maximum Gasteiger partial charge on any atom is 0.222 e. The fourth-order valence-corrected chi connectivity index (χ4v) is 2.05. The number of unbranched alkanes of at least 4 members (excludes halogenated alkanes) is 1. The molecule has 94 valence electrons. The molecule has 0 bridgehead atoms. The van der Waals surface area contributed by atoms with Crippen molar-refractivity contribution < 1.29 is 4.79 Å². The molecule has 1 aliphatic rings. The molecule has 1 amide bonds. The van der Waals surface area contributed by atoms with E-state index in [1.54, 1.807) is 0 Å². The van der Waals surface area contributed by atoms with Gasteiger partial charge in [-0.25, -0.2) is 0 Å².